The second-order valence-corrected chi connectivity index (χ2v) is 12.6. The molecule has 0 fully saturated rings. The summed E-state index contributed by atoms with van der Waals surface area (Å²) < 4.78 is 33.1. The van der Waals surface area contributed by atoms with Crippen LogP contribution >= 0.6 is 11.8 Å². The molecule has 0 heterocycles. The average Bonchev–Trinajstić information content (AvgIpc) is 3.11. The maximum absolute atomic E-state index is 13.6. The molecule has 4 aromatic rings. The van der Waals surface area contributed by atoms with Crippen LogP contribution in [0.4, 0.5) is 0 Å². The number of hydrogen-bond donors (Lipinski definition) is 2. The van der Waals surface area contributed by atoms with Crippen molar-refractivity contribution in [3.05, 3.63) is 92.0 Å². The lowest BCUT2D eigenvalue weighted by atomic mass is 9.97. The molecule has 13 heteroatoms. The maximum atomic E-state index is 13.6. The number of ether oxygens (including phenoxy) is 6. The van der Waals surface area contributed by atoms with E-state index in [4.69, 9.17) is 28.4 Å². The summed E-state index contributed by atoms with van der Waals surface area (Å²) in [6, 6.07) is 9.55. The number of carboxylic acids is 2. The quantitative estimate of drug-likeness (QED) is 0.109. The zero-order valence-corrected chi connectivity index (χ0v) is 30.7. The first-order valence-electron chi connectivity index (χ1n) is 15.4. The fourth-order valence-corrected chi connectivity index (χ4v) is 6.50. The van der Waals surface area contributed by atoms with Crippen LogP contribution in [-0.4, -0.2) is 62.5 Å². The van der Waals surface area contributed by atoms with Crippen molar-refractivity contribution in [3.63, 3.8) is 0 Å². The average molecular weight is 719 g/mol. The van der Waals surface area contributed by atoms with Gasteiger partial charge in [-0.15, -0.1) is 0 Å². The molecule has 0 unspecified atom stereocenters. The van der Waals surface area contributed by atoms with E-state index in [1.807, 2.05) is 0 Å². The highest BCUT2D eigenvalue weighted by Crippen LogP contribution is 2.41. The largest absolute Gasteiger partial charge is 0.496 e. The van der Waals surface area contributed by atoms with Gasteiger partial charge in [0.05, 0.1) is 28.4 Å². The molecule has 51 heavy (non-hydrogen) atoms. The van der Waals surface area contributed by atoms with Gasteiger partial charge in [-0.25, -0.2) is 19.2 Å². The molecule has 0 radical (unpaired) electrons. The minimum absolute atomic E-state index is 0.0175. The SMILES string of the molecule is COc1ccc(Sc2ccc(OC)c(C(=O)Oc3c(C)c(C)c(C)c(OC)c3C(=O)O)c2)cc1C(=O)Oc1c(C)c(C)c(C)c(OC)c1C(=O)O. The second-order valence-electron chi connectivity index (χ2n) is 11.4. The van der Waals surface area contributed by atoms with E-state index < -0.39 is 23.9 Å². The predicted molar refractivity (Wildman–Crippen MR) is 188 cm³/mol. The van der Waals surface area contributed by atoms with E-state index in [2.05, 4.69) is 0 Å². The monoisotopic (exact) mass is 718 g/mol. The third-order valence-corrected chi connectivity index (χ3v) is 9.74. The van der Waals surface area contributed by atoms with Crippen molar-refractivity contribution >= 4 is 35.6 Å². The second kappa shape index (κ2) is 15.5. The molecule has 4 rings (SSSR count). The molecule has 0 bridgehead atoms. The Morgan fingerprint density at radius 2 is 0.824 bits per heavy atom. The van der Waals surface area contributed by atoms with Crippen molar-refractivity contribution in [2.24, 2.45) is 0 Å². The van der Waals surface area contributed by atoms with Crippen molar-refractivity contribution in [1.29, 1.82) is 0 Å². The number of benzene rings is 4. The summed E-state index contributed by atoms with van der Waals surface area (Å²) in [5.41, 5.74) is 3.03. The first-order valence-corrected chi connectivity index (χ1v) is 16.2. The highest BCUT2D eigenvalue weighted by molar-refractivity contribution is 7.99. The van der Waals surface area contributed by atoms with Crippen molar-refractivity contribution in [2.45, 2.75) is 51.3 Å². The van der Waals surface area contributed by atoms with E-state index in [0.717, 1.165) is 0 Å². The maximum Gasteiger partial charge on any atom is 0.347 e. The highest BCUT2D eigenvalue weighted by atomic mass is 32.2. The third-order valence-electron chi connectivity index (χ3n) is 8.76. The van der Waals surface area contributed by atoms with E-state index >= 15 is 0 Å². The van der Waals surface area contributed by atoms with Crippen LogP contribution in [-0.2, 0) is 0 Å². The van der Waals surface area contributed by atoms with E-state index in [-0.39, 0.29) is 56.8 Å². The Kier molecular flexibility index (Phi) is 11.6. The van der Waals surface area contributed by atoms with Crippen LogP contribution in [0.1, 0.15) is 74.8 Å². The number of carboxylic acid groups (broad SMARTS) is 2. The molecule has 268 valence electrons. The first kappa shape index (κ1) is 38.1. The van der Waals surface area contributed by atoms with Gasteiger partial charge in [-0.1, -0.05) is 11.8 Å². The molecule has 0 aliphatic heterocycles. The fraction of sp³-hybridized carbons (Fsp3) is 0.263. The highest BCUT2D eigenvalue weighted by Gasteiger charge is 2.30. The molecular weight excluding hydrogens is 680 g/mol. The number of aromatic carboxylic acids is 2. The van der Waals surface area contributed by atoms with Crippen molar-refractivity contribution < 1.29 is 57.8 Å². The van der Waals surface area contributed by atoms with Gasteiger partial charge in [0.1, 0.15) is 45.3 Å². The van der Waals surface area contributed by atoms with Crippen LogP contribution < -0.4 is 28.4 Å². The number of methoxy groups -OCH3 is 4. The van der Waals surface area contributed by atoms with Crippen molar-refractivity contribution in [1.82, 2.24) is 0 Å². The smallest absolute Gasteiger partial charge is 0.347 e. The molecule has 0 spiro atoms. The van der Waals surface area contributed by atoms with Gasteiger partial charge in [0.2, 0.25) is 0 Å². The summed E-state index contributed by atoms with van der Waals surface area (Å²) in [7, 11) is 5.46. The van der Waals surface area contributed by atoms with Gasteiger partial charge in [0.15, 0.2) is 11.5 Å². The lowest BCUT2D eigenvalue weighted by Crippen LogP contribution is -2.16. The van der Waals surface area contributed by atoms with Crippen LogP contribution in [0.25, 0.3) is 0 Å². The molecule has 0 saturated heterocycles. The van der Waals surface area contributed by atoms with Gasteiger partial charge in [0, 0.05) is 9.79 Å². The number of carbonyl (C=O) groups excluding carboxylic acids is 2. The fourth-order valence-electron chi connectivity index (χ4n) is 5.61. The van der Waals surface area contributed by atoms with Gasteiger partial charge in [-0.2, -0.15) is 0 Å². The Morgan fingerprint density at radius 3 is 1.12 bits per heavy atom. The van der Waals surface area contributed by atoms with E-state index in [1.54, 1.807) is 65.8 Å². The summed E-state index contributed by atoms with van der Waals surface area (Å²) in [5.74, 6) is -4.12. The summed E-state index contributed by atoms with van der Waals surface area (Å²) >= 11 is 1.19. The van der Waals surface area contributed by atoms with Crippen molar-refractivity contribution in [3.8, 4) is 34.5 Å². The van der Waals surface area contributed by atoms with E-state index in [0.29, 0.717) is 43.2 Å². The molecule has 0 amide bonds. The zero-order chi connectivity index (χ0) is 37.9. The summed E-state index contributed by atoms with van der Waals surface area (Å²) in [6.07, 6.45) is 0. The Balaban J connectivity index is 1.72. The predicted octanol–water partition coefficient (Wildman–Crippen LogP) is 7.56. The molecule has 0 aliphatic carbocycles. The molecule has 4 aromatic carbocycles. The standard InChI is InChI=1S/C38H38O12S/c1-17-19(3)31(47-9)29(35(39)40)33(21(17)5)49-37(43)25-15-23(11-13-27(25)45-7)51-24-12-14-28(46-8)26(16-24)38(44)50-34-22(6)18(2)20(4)32(48-10)30(34)36(41)42/h11-16H,1-10H3,(H,39,40)(H,41,42). The van der Waals surface area contributed by atoms with Crippen LogP contribution in [0.15, 0.2) is 46.2 Å². The Bertz CT molecular complexity index is 1940. The Hall–Kier alpha value is -5.69. The number of hydrogen-bond acceptors (Lipinski definition) is 11. The van der Waals surface area contributed by atoms with Crippen molar-refractivity contribution in [2.75, 3.05) is 28.4 Å². The Morgan fingerprint density at radius 1 is 0.490 bits per heavy atom. The Labute approximate surface area is 299 Å². The van der Waals surface area contributed by atoms with Gasteiger partial charge >= 0.3 is 23.9 Å². The van der Waals surface area contributed by atoms with Gasteiger partial charge < -0.3 is 38.6 Å². The van der Waals surface area contributed by atoms with Crippen LogP contribution in [0.3, 0.4) is 0 Å². The molecule has 0 aliphatic rings. The molecule has 0 saturated carbocycles. The normalized spacial score (nSPS) is 10.7. The van der Waals surface area contributed by atoms with E-state index in [9.17, 15) is 29.4 Å². The summed E-state index contributed by atoms with van der Waals surface area (Å²) in [4.78, 5) is 52.9. The molecule has 0 atom stereocenters. The third kappa shape index (κ3) is 7.29. The minimum Gasteiger partial charge on any atom is -0.496 e. The first-order chi connectivity index (χ1) is 24.1. The van der Waals surface area contributed by atoms with Crippen LogP contribution in [0.5, 0.6) is 34.5 Å². The lowest BCUT2D eigenvalue weighted by Gasteiger charge is -2.19. The minimum atomic E-state index is -1.32. The molecular formula is C38H38O12S. The van der Waals surface area contributed by atoms with Crippen LogP contribution in [0, 0.1) is 41.5 Å². The summed E-state index contributed by atoms with van der Waals surface area (Å²) in [6.45, 7) is 10.3. The summed E-state index contributed by atoms with van der Waals surface area (Å²) in [5, 5.41) is 20.0. The number of rotatable bonds is 12. The van der Waals surface area contributed by atoms with E-state index in [1.165, 1.54) is 52.3 Å². The van der Waals surface area contributed by atoms with Gasteiger partial charge in [0.25, 0.3) is 0 Å². The number of esters is 2. The lowest BCUT2D eigenvalue weighted by molar-refractivity contribution is 0.0656. The van der Waals surface area contributed by atoms with Gasteiger partial charge in [-0.05, 0) is 111 Å². The number of carbonyl (C=O) groups is 4. The van der Waals surface area contributed by atoms with Gasteiger partial charge in [-0.3, -0.25) is 0 Å². The zero-order valence-electron chi connectivity index (χ0n) is 29.8. The molecule has 2 N–H and O–H groups in total. The topological polar surface area (TPSA) is 164 Å². The van der Waals surface area contributed by atoms with Crippen LogP contribution in [0.2, 0.25) is 0 Å². The molecule has 12 nitrogen and oxygen atoms in total. The molecule has 0 aromatic heterocycles.